The first kappa shape index (κ1) is 23.5. The Morgan fingerprint density at radius 3 is 2.26 bits per heavy atom. The first-order valence-corrected chi connectivity index (χ1v) is 10.00. The molecule has 5 nitrogen and oxygen atoms in total. The summed E-state index contributed by atoms with van der Waals surface area (Å²) in [6, 6.07) is 5.25. The molecule has 0 radical (unpaired) electrons. The van der Waals surface area contributed by atoms with Crippen molar-refractivity contribution in [2.75, 3.05) is 26.2 Å². The standard InChI is InChI=1S/C20H25F6N5/c21-19(22,23)14-3-1-2-13(10-14)18(12-27)6-4-15(5-7-18)30-8-9-31(16(28)11-30)17(29)20(24,25)26/h1-3,10,15,28-29H,4-9,11-12,27H2. The highest BCUT2D eigenvalue weighted by Gasteiger charge is 2.43. The zero-order valence-electron chi connectivity index (χ0n) is 16.8. The molecule has 1 saturated heterocycles. The average molecular weight is 449 g/mol. The van der Waals surface area contributed by atoms with Crippen LogP contribution in [0.2, 0.25) is 0 Å². The Labute approximate surface area is 176 Å². The van der Waals surface area contributed by atoms with Crippen LogP contribution in [-0.4, -0.2) is 59.9 Å². The molecule has 2 fully saturated rings. The van der Waals surface area contributed by atoms with Crippen molar-refractivity contribution in [3.05, 3.63) is 35.4 Å². The molecule has 0 amide bonds. The van der Waals surface area contributed by atoms with Crippen LogP contribution in [0.3, 0.4) is 0 Å². The molecule has 1 aliphatic carbocycles. The van der Waals surface area contributed by atoms with Gasteiger partial charge in [-0.2, -0.15) is 26.3 Å². The van der Waals surface area contributed by atoms with E-state index in [9.17, 15) is 26.3 Å². The molecule has 1 aliphatic heterocycles. The molecule has 1 aromatic rings. The highest BCUT2D eigenvalue weighted by molar-refractivity contribution is 6.01. The number of nitrogens with two attached hydrogens (primary N) is 1. The molecule has 1 saturated carbocycles. The molecule has 1 heterocycles. The summed E-state index contributed by atoms with van der Waals surface area (Å²) in [5, 5.41) is 15.2. The van der Waals surface area contributed by atoms with Crippen molar-refractivity contribution in [3.8, 4) is 0 Å². The number of benzene rings is 1. The maximum atomic E-state index is 13.1. The van der Waals surface area contributed by atoms with Crippen molar-refractivity contribution >= 4 is 11.7 Å². The topological polar surface area (TPSA) is 80.2 Å². The van der Waals surface area contributed by atoms with Gasteiger partial charge in [-0.3, -0.25) is 15.7 Å². The van der Waals surface area contributed by atoms with Gasteiger partial charge in [-0.1, -0.05) is 18.2 Å². The fourth-order valence-electron chi connectivity index (χ4n) is 4.59. The van der Waals surface area contributed by atoms with E-state index in [1.165, 1.54) is 6.07 Å². The summed E-state index contributed by atoms with van der Waals surface area (Å²) in [5.41, 5.74) is 5.27. The van der Waals surface area contributed by atoms with Gasteiger partial charge in [-0.25, -0.2) is 0 Å². The van der Waals surface area contributed by atoms with Gasteiger partial charge in [-0.15, -0.1) is 0 Å². The third-order valence-corrected chi connectivity index (χ3v) is 6.45. The lowest BCUT2D eigenvalue weighted by atomic mass is 9.67. The minimum Gasteiger partial charge on any atom is -0.330 e. The Hall–Kier alpha value is -2.14. The fourth-order valence-corrected chi connectivity index (χ4v) is 4.59. The second-order valence-electron chi connectivity index (χ2n) is 8.21. The monoisotopic (exact) mass is 449 g/mol. The molecule has 0 atom stereocenters. The smallest absolute Gasteiger partial charge is 0.330 e. The van der Waals surface area contributed by atoms with Crippen LogP contribution in [0.15, 0.2) is 24.3 Å². The number of hydrogen-bond acceptors (Lipinski definition) is 4. The Balaban J connectivity index is 1.66. The van der Waals surface area contributed by atoms with E-state index in [2.05, 4.69) is 0 Å². The highest BCUT2D eigenvalue weighted by Crippen LogP contribution is 2.42. The van der Waals surface area contributed by atoms with Crippen LogP contribution < -0.4 is 5.73 Å². The van der Waals surface area contributed by atoms with Crippen LogP contribution in [0.1, 0.15) is 36.8 Å². The minimum absolute atomic E-state index is 0.00229. The van der Waals surface area contributed by atoms with Gasteiger partial charge in [0.05, 0.1) is 12.1 Å². The second kappa shape index (κ2) is 8.42. The molecule has 3 rings (SSSR count). The number of rotatable bonds is 3. The van der Waals surface area contributed by atoms with Crippen LogP contribution in [0.25, 0.3) is 0 Å². The van der Waals surface area contributed by atoms with E-state index in [1.54, 1.807) is 6.07 Å². The quantitative estimate of drug-likeness (QED) is 0.371. The molecular formula is C20H25F6N5. The van der Waals surface area contributed by atoms with E-state index in [0.717, 1.165) is 12.1 Å². The Morgan fingerprint density at radius 2 is 1.74 bits per heavy atom. The zero-order chi connectivity index (χ0) is 23.0. The van der Waals surface area contributed by atoms with E-state index in [0.29, 0.717) is 36.1 Å². The Kier molecular flexibility index (Phi) is 6.39. The van der Waals surface area contributed by atoms with Crippen molar-refractivity contribution in [2.45, 2.75) is 49.5 Å². The molecule has 31 heavy (non-hydrogen) atoms. The lowest BCUT2D eigenvalue weighted by Gasteiger charge is -2.46. The second-order valence-corrected chi connectivity index (χ2v) is 8.21. The Bertz CT molecular complexity index is 826. The van der Waals surface area contributed by atoms with Gasteiger partial charge < -0.3 is 10.6 Å². The summed E-state index contributed by atoms with van der Waals surface area (Å²) in [6.07, 6.45) is -6.88. The predicted molar refractivity (Wildman–Crippen MR) is 104 cm³/mol. The molecule has 2 aliphatic rings. The van der Waals surface area contributed by atoms with E-state index in [-0.39, 0.29) is 38.1 Å². The van der Waals surface area contributed by atoms with Crippen LogP contribution in [0.5, 0.6) is 0 Å². The van der Waals surface area contributed by atoms with Crippen molar-refractivity contribution in [1.29, 1.82) is 10.8 Å². The van der Waals surface area contributed by atoms with Gasteiger partial charge >= 0.3 is 12.4 Å². The van der Waals surface area contributed by atoms with E-state index in [4.69, 9.17) is 16.6 Å². The maximum absolute atomic E-state index is 13.1. The molecule has 0 unspecified atom stereocenters. The van der Waals surface area contributed by atoms with E-state index in [1.807, 2.05) is 4.90 Å². The first-order valence-electron chi connectivity index (χ1n) is 10.00. The van der Waals surface area contributed by atoms with Gasteiger partial charge in [0.15, 0.2) is 0 Å². The van der Waals surface area contributed by atoms with Crippen molar-refractivity contribution in [2.24, 2.45) is 5.73 Å². The van der Waals surface area contributed by atoms with Crippen molar-refractivity contribution in [3.63, 3.8) is 0 Å². The molecule has 0 aromatic heterocycles. The molecule has 1 aromatic carbocycles. The predicted octanol–water partition coefficient (Wildman–Crippen LogP) is 3.98. The SMILES string of the molecule is N=C1CN(C2CCC(CN)(c3cccc(C(F)(F)F)c3)CC2)CCN1C(=N)C(F)(F)F. The van der Waals surface area contributed by atoms with E-state index >= 15 is 0 Å². The summed E-state index contributed by atoms with van der Waals surface area (Å²) in [5.74, 6) is -1.81. The van der Waals surface area contributed by atoms with Gasteiger partial charge in [0.2, 0.25) is 5.84 Å². The largest absolute Gasteiger partial charge is 0.449 e. The molecule has 4 N–H and O–H groups in total. The van der Waals surface area contributed by atoms with Crippen molar-refractivity contribution < 1.29 is 26.3 Å². The number of nitrogens with zero attached hydrogens (tertiary/aromatic N) is 2. The maximum Gasteiger partial charge on any atom is 0.449 e. The minimum atomic E-state index is -4.80. The summed E-state index contributed by atoms with van der Waals surface area (Å²) < 4.78 is 77.7. The Morgan fingerprint density at radius 1 is 1.10 bits per heavy atom. The number of halogens is 6. The first-order chi connectivity index (χ1) is 14.4. The average Bonchev–Trinajstić information content (AvgIpc) is 2.72. The lowest BCUT2D eigenvalue weighted by molar-refractivity contribution is -0.137. The summed E-state index contributed by atoms with van der Waals surface area (Å²) in [7, 11) is 0. The zero-order valence-corrected chi connectivity index (χ0v) is 16.8. The lowest BCUT2D eigenvalue weighted by Crippen LogP contribution is -2.58. The van der Waals surface area contributed by atoms with Crippen LogP contribution in [-0.2, 0) is 11.6 Å². The normalized spacial score (nSPS) is 26.2. The molecule has 172 valence electrons. The fraction of sp³-hybridized carbons (Fsp3) is 0.600. The van der Waals surface area contributed by atoms with Crippen LogP contribution in [0, 0.1) is 10.8 Å². The number of hydrogen-bond donors (Lipinski definition) is 3. The number of nitrogens with one attached hydrogen (secondary N) is 2. The van der Waals surface area contributed by atoms with Gasteiger partial charge in [0.25, 0.3) is 0 Å². The number of amidine groups is 2. The van der Waals surface area contributed by atoms with Crippen molar-refractivity contribution in [1.82, 2.24) is 9.80 Å². The van der Waals surface area contributed by atoms with Gasteiger partial charge in [0.1, 0.15) is 5.84 Å². The third kappa shape index (κ3) is 4.87. The summed E-state index contributed by atoms with van der Waals surface area (Å²) in [6.45, 7) is 0.393. The number of alkyl halides is 6. The van der Waals surface area contributed by atoms with E-state index < -0.39 is 29.2 Å². The molecule has 0 spiro atoms. The van der Waals surface area contributed by atoms with Crippen LogP contribution in [0.4, 0.5) is 26.3 Å². The third-order valence-electron chi connectivity index (χ3n) is 6.45. The number of piperazine rings is 1. The van der Waals surface area contributed by atoms with Gasteiger partial charge in [-0.05, 0) is 37.3 Å². The molecule has 0 bridgehead atoms. The molecular weight excluding hydrogens is 424 g/mol. The summed E-state index contributed by atoms with van der Waals surface area (Å²) >= 11 is 0. The highest BCUT2D eigenvalue weighted by atomic mass is 19.4. The van der Waals surface area contributed by atoms with Crippen LogP contribution >= 0.6 is 0 Å². The molecule has 11 heteroatoms. The summed E-state index contributed by atoms with van der Waals surface area (Å²) in [4.78, 5) is 2.60. The van der Waals surface area contributed by atoms with Gasteiger partial charge in [0, 0.05) is 31.1 Å².